The molecule has 0 atom stereocenters. The lowest BCUT2D eigenvalue weighted by Gasteiger charge is -2.18. The molecule has 0 aliphatic rings. The molecule has 2 aromatic carbocycles. The number of carbonyl (C=O) groups is 1. The van der Waals surface area contributed by atoms with Gasteiger partial charge < -0.3 is 9.52 Å². The molecule has 0 spiro atoms. The molecular weight excluding hydrogens is 423 g/mol. The molecule has 7 nitrogen and oxygen atoms in total. The minimum absolute atomic E-state index is 0.280. The largest absolute Gasteiger partial charge is 0.465 e. The Kier molecular flexibility index (Phi) is 7.04. The fourth-order valence-electron chi connectivity index (χ4n) is 3.51. The van der Waals surface area contributed by atoms with Gasteiger partial charge in [-0.15, -0.1) is 10.2 Å². The normalized spacial score (nSPS) is 10.8. The van der Waals surface area contributed by atoms with Crippen molar-refractivity contribution in [2.75, 3.05) is 11.4 Å². The zero-order valence-electron chi connectivity index (χ0n) is 17.9. The Morgan fingerprint density at radius 3 is 2.55 bits per heavy atom. The average molecular weight is 446 g/mol. The van der Waals surface area contributed by atoms with Gasteiger partial charge in [-0.2, -0.15) is 0 Å². The molecule has 1 N–H and O–H groups in total. The number of hydrogen-bond acceptors (Lipinski definition) is 5. The van der Waals surface area contributed by atoms with Gasteiger partial charge in [0.2, 0.25) is 11.8 Å². The van der Waals surface area contributed by atoms with Crippen LogP contribution in [0.2, 0.25) is 0 Å². The topological polar surface area (TPSA) is 92.3 Å². The first-order valence-corrected chi connectivity index (χ1v) is 10.7. The second-order valence-corrected chi connectivity index (χ2v) is 7.56. The van der Waals surface area contributed by atoms with E-state index < -0.39 is 6.09 Å². The Morgan fingerprint density at radius 2 is 1.76 bits per heavy atom. The van der Waals surface area contributed by atoms with Gasteiger partial charge in [0.05, 0.1) is 0 Å². The summed E-state index contributed by atoms with van der Waals surface area (Å²) in [4.78, 5) is 17.3. The molecule has 0 aliphatic carbocycles. The summed E-state index contributed by atoms with van der Waals surface area (Å²) in [5, 5.41) is 17.8. The first-order valence-electron chi connectivity index (χ1n) is 10.7. The van der Waals surface area contributed by atoms with Crippen LogP contribution in [0.4, 0.5) is 15.0 Å². The van der Waals surface area contributed by atoms with Crippen molar-refractivity contribution >= 4 is 11.9 Å². The number of aryl methyl sites for hydroxylation is 3. The number of pyridine rings is 1. The van der Waals surface area contributed by atoms with E-state index in [-0.39, 0.29) is 11.7 Å². The molecule has 168 valence electrons. The molecular formula is C25H23FN4O3. The summed E-state index contributed by atoms with van der Waals surface area (Å²) in [6, 6.07) is 19.6. The van der Waals surface area contributed by atoms with Gasteiger partial charge in [0.15, 0.2) is 0 Å². The smallest absolute Gasteiger partial charge is 0.413 e. The summed E-state index contributed by atoms with van der Waals surface area (Å²) in [6.45, 7) is 0.309. The van der Waals surface area contributed by atoms with E-state index >= 15 is 0 Å². The molecule has 2 aromatic heterocycles. The number of benzene rings is 2. The highest BCUT2D eigenvalue weighted by Crippen LogP contribution is 2.23. The van der Waals surface area contributed by atoms with Crippen LogP contribution in [0.15, 0.2) is 77.3 Å². The van der Waals surface area contributed by atoms with Gasteiger partial charge in [-0.3, -0.25) is 4.90 Å². The van der Waals surface area contributed by atoms with E-state index in [1.165, 1.54) is 23.2 Å². The molecule has 0 saturated heterocycles. The quantitative estimate of drug-likeness (QED) is 0.381. The third-order valence-corrected chi connectivity index (χ3v) is 5.17. The monoisotopic (exact) mass is 446 g/mol. The lowest BCUT2D eigenvalue weighted by molar-refractivity contribution is 0.201. The second kappa shape index (κ2) is 10.5. The van der Waals surface area contributed by atoms with Crippen molar-refractivity contribution in [1.82, 2.24) is 15.2 Å². The lowest BCUT2D eigenvalue weighted by Crippen LogP contribution is -2.31. The SMILES string of the molecule is O=C(O)N(CCCc1ccccc1)c1cc(-c2nnc(CCc3cccc(F)c3)o2)ccn1. The van der Waals surface area contributed by atoms with Crippen LogP contribution in [-0.4, -0.2) is 32.9 Å². The van der Waals surface area contributed by atoms with Crippen LogP contribution in [0.5, 0.6) is 0 Å². The number of aromatic nitrogens is 3. The van der Waals surface area contributed by atoms with Crippen LogP contribution in [0, 0.1) is 5.82 Å². The highest BCUT2D eigenvalue weighted by molar-refractivity contribution is 5.85. The van der Waals surface area contributed by atoms with Crippen molar-refractivity contribution in [2.24, 2.45) is 0 Å². The van der Waals surface area contributed by atoms with Gasteiger partial charge in [0.1, 0.15) is 11.6 Å². The molecule has 8 heteroatoms. The van der Waals surface area contributed by atoms with Gasteiger partial charge in [-0.25, -0.2) is 14.2 Å². The zero-order valence-corrected chi connectivity index (χ0v) is 17.9. The Hall–Kier alpha value is -4.07. The maximum atomic E-state index is 13.3. The van der Waals surface area contributed by atoms with E-state index in [1.807, 2.05) is 36.4 Å². The number of carboxylic acid groups (broad SMARTS) is 1. The van der Waals surface area contributed by atoms with E-state index in [0.29, 0.717) is 43.1 Å². The van der Waals surface area contributed by atoms with E-state index in [2.05, 4.69) is 15.2 Å². The molecule has 4 aromatic rings. The molecule has 0 fully saturated rings. The predicted molar refractivity (Wildman–Crippen MR) is 121 cm³/mol. The Balaban J connectivity index is 1.42. The molecule has 1 amide bonds. The number of halogens is 1. The van der Waals surface area contributed by atoms with Crippen LogP contribution in [0.25, 0.3) is 11.5 Å². The highest BCUT2D eigenvalue weighted by atomic mass is 19.1. The van der Waals surface area contributed by atoms with E-state index in [1.54, 1.807) is 18.2 Å². The fraction of sp³-hybridized carbons (Fsp3) is 0.200. The van der Waals surface area contributed by atoms with Crippen LogP contribution in [0.1, 0.15) is 23.4 Å². The van der Waals surface area contributed by atoms with Gasteiger partial charge in [-0.05, 0) is 54.7 Å². The van der Waals surface area contributed by atoms with E-state index in [9.17, 15) is 14.3 Å². The maximum absolute atomic E-state index is 13.3. The Morgan fingerprint density at radius 1 is 0.939 bits per heavy atom. The fourth-order valence-corrected chi connectivity index (χ4v) is 3.51. The number of nitrogens with zero attached hydrogens (tertiary/aromatic N) is 4. The lowest BCUT2D eigenvalue weighted by atomic mass is 10.1. The van der Waals surface area contributed by atoms with Gasteiger partial charge >= 0.3 is 6.09 Å². The summed E-state index contributed by atoms with van der Waals surface area (Å²) in [5.74, 6) is 0.718. The van der Waals surface area contributed by atoms with E-state index in [4.69, 9.17) is 4.42 Å². The second-order valence-electron chi connectivity index (χ2n) is 7.56. The predicted octanol–water partition coefficient (Wildman–Crippen LogP) is 5.17. The Labute approximate surface area is 190 Å². The number of rotatable bonds is 9. The molecule has 0 bridgehead atoms. The van der Waals surface area contributed by atoms with Crippen LogP contribution < -0.4 is 4.90 Å². The molecule has 0 aliphatic heterocycles. The molecule has 0 unspecified atom stereocenters. The highest BCUT2D eigenvalue weighted by Gasteiger charge is 2.18. The third-order valence-electron chi connectivity index (χ3n) is 5.17. The minimum atomic E-state index is -1.07. The van der Waals surface area contributed by atoms with Crippen molar-refractivity contribution in [3.63, 3.8) is 0 Å². The summed E-state index contributed by atoms with van der Waals surface area (Å²) in [7, 11) is 0. The summed E-state index contributed by atoms with van der Waals surface area (Å²) < 4.78 is 19.1. The van der Waals surface area contributed by atoms with Crippen LogP contribution in [0.3, 0.4) is 0 Å². The zero-order chi connectivity index (χ0) is 23.0. The summed E-state index contributed by atoms with van der Waals surface area (Å²) >= 11 is 0. The molecule has 4 rings (SSSR count). The Bertz CT molecular complexity index is 1210. The standard InChI is InChI=1S/C25H23FN4O3/c26-21-10-4-8-19(16-21)11-12-23-28-29-24(33-23)20-13-14-27-22(17-20)30(25(31)32)15-5-9-18-6-2-1-3-7-18/h1-4,6-8,10,13-14,16-17H,5,9,11-12,15H2,(H,31,32). The molecule has 2 heterocycles. The minimum Gasteiger partial charge on any atom is -0.465 e. The van der Waals surface area contributed by atoms with Crippen molar-refractivity contribution < 1.29 is 18.7 Å². The van der Waals surface area contributed by atoms with Crippen LogP contribution >= 0.6 is 0 Å². The average Bonchev–Trinajstić information content (AvgIpc) is 3.30. The van der Waals surface area contributed by atoms with Crippen molar-refractivity contribution in [1.29, 1.82) is 0 Å². The molecule has 0 saturated carbocycles. The number of amides is 1. The van der Waals surface area contributed by atoms with E-state index in [0.717, 1.165) is 17.5 Å². The molecule has 0 radical (unpaired) electrons. The van der Waals surface area contributed by atoms with Gasteiger partial charge in [0, 0.05) is 24.7 Å². The van der Waals surface area contributed by atoms with Gasteiger partial charge in [-0.1, -0.05) is 42.5 Å². The first-order chi connectivity index (χ1) is 16.1. The van der Waals surface area contributed by atoms with Crippen molar-refractivity contribution in [3.05, 3.63) is 95.8 Å². The van der Waals surface area contributed by atoms with Gasteiger partial charge in [0.25, 0.3) is 0 Å². The first kappa shape index (κ1) is 22.1. The summed E-state index contributed by atoms with van der Waals surface area (Å²) in [6.07, 6.45) is 2.91. The maximum Gasteiger partial charge on any atom is 0.413 e. The number of anilines is 1. The van der Waals surface area contributed by atoms with Crippen molar-refractivity contribution in [3.8, 4) is 11.5 Å². The summed E-state index contributed by atoms with van der Waals surface area (Å²) in [5.41, 5.74) is 2.58. The third kappa shape index (κ3) is 6.00. The van der Waals surface area contributed by atoms with Crippen LogP contribution in [-0.2, 0) is 19.3 Å². The number of hydrogen-bond donors (Lipinski definition) is 1. The molecule has 33 heavy (non-hydrogen) atoms. The van der Waals surface area contributed by atoms with Crippen molar-refractivity contribution in [2.45, 2.75) is 25.7 Å².